The summed E-state index contributed by atoms with van der Waals surface area (Å²) in [7, 11) is -3.24. The van der Waals surface area contributed by atoms with E-state index in [1.807, 2.05) is 0 Å². The number of anilines is 1. The first kappa shape index (κ1) is 16.8. The molecule has 0 radical (unpaired) electrons. The monoisotopic (exact) mass is 351 g/mol. The Hall–Kier alpha value is -2.09. The normalized spacial score (nSPS) is 20.8. The molecular weight excluding hydrogens is 330 g/mol. The second kappa shape index (κ2) is 6.80. The van der Waals surface area contributed by atoms with Gasteiger partial charge in [0, 0.05) is 38.3 Å². The van der Waals surface area contributed by atoms with Crippen molar-refractivity contribution in [3.8, 4) is 0 Å². The Labute approximate surface area is 141 Å². The van der Waals surface area contributed by atoms with Gasteiger partial charge in [0.1, 0.15) is 0 Å². The lowest BCUT2D eigenvalue weighted by atomic mass is 10.1. The second-order valence-electron chi connectivity index (χ2n) is 6.08. The van der Waals surface area contributed by atoms with Gasteiger partial charge in [-0.05, 0) is 37.1 Å². The van der Waals surface area contributed by atoms with Gasteiger partial charge in [0.15, 0.2) is 0 Å². The van der Waals surface area contributed by atoms with E-state index >= 15 is 0 Å². The molecule has 0 spiro atoms. The van der Waals surface area contributed by atoms with Crippen LogP contribution in [0.3, 0.4) is 0 Å². The van der Waals surface area contributed by atoms with Crippen LogP contribution in [0.5, 0.6) is 0 Å². The van der Waals surface area contributed by atoms with Crippen molar-refractivity contribution in [1.82, 2.24) is 9.80 Å². The van der Waals surface area contributed by atoms with E-state index in [2.05, 4.69) is 0 Å². The Kier molecular flexibility index (Phi) is 4.75. The molecule has 24 heavy (non-hydrogen) atoms. The van der Waals surface area contributed by atoms with E-state index in [4.69, 9.17) is 0 Å². The second-order valence-corrected chi connectivity index (χ2v) is 8.09. The van der Waals surface area contributed by atoms with Crippen LogP contribution in [0, 0.1) is 0 Å². The van der Waals surface area contributed by atoms with Gasteiger partial charge < -0.3 is 9.80 Å². The van der Waals surface area contributed by atoms with Crippen molar-refractivity contribution in [2.45, 2.75) is 12.8 Å². The molecule has 0 atom stereocenters. The van der Waals surface area contributed by atoms with Gasteiger partial charge in [0.05, 0.1) is 11.4 Å². The highest BCUT2D eigenvalue weighted by Crippen LogP contribution is 2.24. The molecule has 2 aliphatic heterocycles. The fourth-order valence-corrected chi connectivity index (χ4v) is 4.70. The van der Waals surface area contributed by atoms with Gasteiger partial charge in [-0.2, -0.15) is 0 Å². The molecule has 7 nitrogen and oxygen atoms in total. The first-order valence-electron chi connectivity index (χ1n) is 8.10. The maximum absolute atomic E-state index is 12.5. The highest BCUT2D eigenvalue weighted by molar-refractivity contribution is 7.92. The zero-order valence-electron chi connectivity index (χ0n) is 13.4. The first-order chi connectivity index (χ1) is 11.5. The Morgan fingerprint density at radius 1 is 0.958 bits per heavy atom. The van der Waals surface area contributed by atoms with Crippen molar-refractivity contribution in [3.63, 3.8) is 0 Å². The smallest absolute Gasteiger partial charge is 0.253 e. The third-order valence-electron chi connectivity index (χ3n) is 4.50. The van der Waals surface area contributed by atoms with Gasteiger partial charge in [0.25, 0.3) is 5.91 Å². The van der Waals surface area contributed by atoms with Crippen molar-refractivity contribution in [3.05, 3.63) is 29.8 Å². The quantitative estimate of drug-likeness (QED) is 0.744. The SMILES string of the molecule is O=CN1CCN(C(=O)c2ccc(N3CCCCS3(=O)=O)cc2)CC1. The zero-order chi connectivity index (χ0) is 17.2. The van der Waals surface area contributed by atoms with Gasteiger partial charge in [0.2, 0.25) is 16.4 Å². The fraction of sp³-hybridized carbons (Fsp3) is 0.500. The van der Waals surface area contributed by atoms with E-state index in [1.54, 1.807) is 34.1 Å². The van der Waals surface area contributed by atoms with Crippen LogP contribution in [0.25, 0.3) is 0 Å². The largest absolute Gasteiger partial charge is 0.342 e. The number of benzene rings is 1. The summed E-state index contributed by atoms with van der Waals surface area (Å²) in [5.74, 6) is 0.0860. The maximum Gasteiger partial charge on any atom is 0.253 e. The lowest BCUT2D eigenvalue weighted by molar-refractivity contribution is -0.119. The van der Waals surface area contributed by atoms with Crippen LogP contribution in [-0.4, -0.2) is 69.0 Å². The molecule has 0 aliphatic carbocycles. The van der Waals surface area contributed by atoms with Crippen molar-refractivity contribution in [2.75, 3.05) is 42.8 Å². The molecule has 1 aromatic carbocycles. The van der Waals surface area contributed by atoms with Crippen LogP contribution in [0.1, 0.15) is 23.2 Å². The number of amides is 2. The molecular formula is C16H21N3O4S. The van der Waals surface area contributed by atoms with Crippen LogP contribution in [-0.2, 0) is 14.8 Å². The Balaban J connectivity index is 1.70. The lowest BCUT2D eigenvalue weighted by Gasteiger charge is -2.32. The summed E-state index contributed by atoms with van der Waals surface area (Å²) in [6, 6.07) is 6.73. The molecule has 2 amide bonds. The topological polar surface area (TPSA) is 78.0 Å². The molecule has 0 N–H and O–H groups in total. The Morgan fingerprint density at radius 3 is 2.21 bits per heavy atom. The highest BCUT2D eigenvalue weighted by Gasteiger charge is 2.26. The number of sulfonamides is 1. The van der Waals surface area contributed by atoms with Gasteiger partial charge in [-0.15, -0.1) is 0 Å². The summed E-state index contributed by atoms with van der Waals surface area (Å²) < 4.78 is 25.7. The molecule has 0 saturated carbocycles. The van der Waals surface area contributed by atoms with Crippen molar-refractivity contribution < 1.29 is 18.0 Å². The highest BCUT2D eigenvalue weighted by atomic mass is 32.2. The standard InChI is InChI=1S/C16H21N3O4S/c20-13-17-8-10-18(11-9-17)16(21)14-3-5-15(6-4-14)19-7-1-2-12-24(19,22)23/h3-6,13H,1-2,7-12H2. The number of piperazine rings is 1. The number of hydrogen-bond donors (Lipinski definition) is 0. The summed E-state index contributed by atoms with van der Waals surface area (Å²) >= 11 is 0. The predicted octanol–water partition coefficient (Wildman–Crippen LogP) is 0.531. The summed E-state index contributed by atoms with van der Waals surface area (Å²) in [4.78, 5) is 26.6. The number of nitrogens with zero attached hydrogens (tertiary/aromatic N) is 3. The minimum atomic E-state index is -3.24. The number of hydrogen-bond acceptors (Lipinski definition) is 4. The minimum Gasteiger partial charge on any atom is -0.342 e. The van der Waals surface area contributed by atoms with Crippen LogP contribution in [0.15, 0.2) is 24.3 Å². The molecule has 0 aromatic heterocycles. The molecule has 1 aromatic rings. The molecule has 2 saturated heterocycles. The van der Waals surface area contributed by atoms with Crippen molar-refractivity contribution >= 4 is 28.0 Å². The van der Waals surface area contributed by atoms with Gasteiger partial charge in [-0.3, -0.25) is 13.9 Å². The van der Waals surface area contributed by atoms with Crippen LogP contribution in [0.4, 0.5) is 5.69 Å². The van der Waals surface area contributed by atoms with E-state index in [-0.39, 0.29) is 11.7 Å². The molecule has 130 valence electrons. The molecule has 2 heterocycles. The molecule has 2 fully saturated rings. The van der Waals surface area contributed by atoms with Crippen molar-refractivity contribution in [1.29, 1.82) is 0 Å². The zero-order valence-corrected chi connectivity index (χ0v) is 14.2. The predicted molar refractivity (Wildman–Crippen MR) is 90.3 cm³/mol. The third kappa shape index (κ3) is 3.38. The van der Waals surface area contributed by atoms with E-state index in [0.29, 0.717) is 50.4 Å². The number of carbonyl (C=O) groups is 2. The Morgan fingerprint density at radius 2 is 1.62 bits per heavy atom. The molecule has 3 rings (SSSR count). The fourth-order valence-electron chi connectivity index (χ4n) is 3.06. The van der Waals surface area contributed by atoms with E-state index < -0.39 is 10.0 Å². The lowest BCUT2D eigenvalue weighted by Crippen LogP contribution is -2.48. The van der Waals surface area contributed by atoms with Gasteiger partial charge >= 0.3 is 0 Å². The molecule has 2 aliphatic rings. The average molecular weight is 351 g/mol. The third-order valence-corrected chi connectivity index (χ3v) is 6.37. The van der Waals surface area contributed by atoms with E-state index in [0.717, 1.165) is 12.8 Å². The summed E-state index contributed by atoms with van der Waals surface area (Å²) in [5, 5.41) is 0. The number of rotatable bonds is 3. The first-order valence-corrected chi connectivity index (χ1v) is 9.71. The maximum atomic E-state index is 12.5. The minimum absolute atomic E-state index is 0.0893. The van der Waals surface area contributed by atoms with Crippen molar-refractivity contribution in [2.24, 2.45) is 0 Å². The summed E-state index contributed by atoms with van der Waals surface area (Å²) in [6.45, 7) is 2.60. The van der Waals surface area contributed by atoms with E-state index in [1.165, 1.54) is 4.31 Å². The average Bonchev–Trinajstić information content (AvgIpc) is 2.61. The molecule has 8 heteroatoms. The van der Waals surface area contributed by atoms with E-state index in [9.17, 15) is 18.0 Å². The van der Waals surface area contributed by atoms with Gasteiger partial charge in [-0.25, -0.2) is 8.42 Å². The summed E-state index contributed by atoms with van der Waals surface area (Å²) in [6.07, 6.45) is 2.35. The van der Waals surface area contributed by atoms with Gasteiger partial charge in [-0.1, -0.05) is 0 Å². The van der Waals surface area contributed by atoms with Crippen LogP contribution in [0.2, 0.25) is 0 Å². The summed E-state index contributed by atoms with van der Waals surface area (Å²) in [5.41, 5.74) is 1.14. The van der Waals surface area contributed by atoms with Crippen LogP contribution < -0.4 is 4.31 Å². The Bertz CT molecular complexity index is 709. The molecule has 0 bridgehead atoms. The number of carbonyl (C=O) groups excluding carboxylic acids is 2. The van der Waals surface area contributed by atoms with Crippen LogP contribution >= 0.6 is 0 Å². The molecule has 0 unspecified atom stereocenters.